The molecule has 0 bridgehead atoms. The molecule has 2 aromatic carbocycles. The normalized spacial score (nSPS) is 13.8. The maximum absolute atomic E-state index is 9.06. The van der Waals surface area contributed by atoms with Crippen molar-refractivity contribution in [2.24, 2.45) is 0 Å². The van der Waals surface area contributed by atoms with Gasteiger partial charge in [0.15, 0.2) is 8.32 Å². The van der Waals surface area contributed by atoms with Crippen LogP contribution in [0, 0.1) is 11.3 Å². The largest absolute Gasteiger partial charge is 0.436 e. The Labute approximate surface area is 243 Å². The van der Waals surface area contributed by atoms with Gasteiger partial charge >= 0.3 is 34.2 Å². The zero-order valence-corrected chi connectivity index (χ0v) is 32.3. The van der Waals surface area contributed by atoms with Gasteiger partial charge in [0.05, 0.1) is 11.6 Å². The van der Waals surface area contributed by atoms with E-state index in [1.54, 1.807) is 0 Å². The standard InChI is InChI=1S/C27H49NO5Si6/c1-14-34(2,3)29-36(6,7)31-38(10,11)33-39(12,13)32-37(8,9)30-35(4,5)27-21-19-26(20-22-27)25-17-15-24(23-28)16-18-25/h15-22H,14H2,1-13H3. The van der Waals surface area contributed by atoms with E-state index in [-0.39, 0.29) is 0 Å². The van der Waals surface area contributed by atoms with Gasteiger partial charge < -0.3 is 20.6 Å². The summed E-state index contributed by atoms with van der Waals surface area (Å²) in [4.78, 5) is 0. The number of benzene rings is 2. The highest BCUT2D eigenvalue weighted by Crippen LogP contribution is 2.28. The minimum atomic E-state index is -2.55. The van der Waals surface area contributed by atoms with Gasteiger partial charge in [0.2, 0.25) is 8.32 Å². The van der Waals surface area contributed by atoms with Crippen LogP contribution in [0.15, 0.2) is 48.5 Å². The van der Waals surface area contributed by atoms with Crippen LogP contribution in [0.25, 0.3) is 11.1 Å². The van der Waals surface area contributed by atoms with E-state index in [0.29, 0.717) is 5.56 Å². The third-order valence-electron chi connectivity index (χ3n) is 6.28. The van der Waals surface area contributed by atoms with Crippen LogP contribution in [0.4, 0.5) is 0 Å². The molecule has 0 aliphatic rings. The first kappa shape index (κ1) is 34.2. The maximum atomic E-state index is 9.06. The first-order valence-corrected chi connectivity index (χ1v) is 31.0. The number of rotatable bonds is 13. The zero-order valence-electron chi connectivity index (χ0n) is 26.3. The summed E-state index contributed by atoms with van der Waals surface area (Å²) in [5, 5.41) is 10.3. The smallest absolute Gasteiger partial charge is 0.314 e. The third-order valence-corrected chi connectivity index (χ3v) is 29.7. The predicted octanol–water partition coefficient (Wildman–Crippen LogP) is 7.75. The van der Waals surface area contributed by atoms with Gasteiger partial charge in [0, 0.05) is 0 Å². The molecule has 0 radical (unpaired) electrons. The van der Waals surface area contributed by atoms with E-state index in [1.807, 2.05) is 24.3 Å². The molecule has 0 amide bonds. The highest BCUT2D eigenvalue weighted by Gasteiger charge is 2.47. The summed E-state index contributed by atoms with van der Waals surface area (Å²) >= 11 is 0. The van der Waals surface area contributed by atoms with Crippen LogP contribution in [0.5, 0.6) is 0 Å². The van der Waals surface area contributed by atoms with E-state index in [1.165, 1.54) is 5.19 Å². The fourth-order valence-corrected chi connectivity index (χ4v) is 33.7. The quantitative estimate of drug-likeness (QED) is 0.210. The molecule has 0 heterocycles. The van der Waals surface area contributed by atoms with Crippen molar-refractivity contribution >= 4 is 56.1 Å². The van der Waals surface area contributed by atoms with Gasteiger partial charge in [0.25, 0.3) is 0 Å². The Kier molecular flexibility index (Phi) is 11.0. The van der Waals surface area contributed by atoms with Gasteiger partial charge in [0.1, 0.15) is 0 Å². The maximum Gasteiger partial charge on any atom is 0.314 e. The summed E-state index contributed by atoms with van der Waals surface area (Å²) in [6, 6.07) is 19.5. The Balaban J connectivity index is 2.09. The topological polar surface area (TPSA) is 69.9 Å². The molecule has 0 aliphatic carbocycles. The molecule has 0 aromatic heterocycles. The molecule has 12 heteroatoms. The lowest BCUT2D eigenvalue weighted by molar-refractivity contribution is 0.282. The first-order chi connectivity index (χ1) is 17.6. The highest BCUT2D eigenvalue weighted by atomic mass is 28.5. The van der Waals surface area contributed by atoms with E-state index < -0.39 is 50.9 Å². The molecule has 2 rings (SSSR count). The molecular weight excluding hydrogens is 587 g/mol. The van der Waals surface area contributed by atoms with Crippen molar-refractivity contribution in [3.8, 4) is 17.2 Å². The van der Waals surface area contributed by atoms with Gasteiger partial charge in [-0.1, -0.05) is 43.3 Å². The molecule has 0 atom stereocenters. The monoisotopic (exact) mass is 635 g/mol. The minimum Gasteiger partial charge on any atom is -0.436 e. The second-order valence-electron chi connectivity index (χ2n) is 13.0. The van der Waals surface area contributed by atoms with Crippen LogP contribution < -0.4 is 5.19 Å². The molecule has 0 saturated heterocycles. The fraction of sp³-hybridized carbons (Fsp3) is 0.519. The van der Waals surface area contributed by atoms with Gasteiger partial charge in [-0.15, -0.1) is 0 Å². The molecule has 0 saturated carbocycles. The van der Waals surface area contributed by atoms with Gasteiger partial charge in [-0.05, 0) is 113 Å². The van der Waals surface area contributed by atoms with Crippen molar-refractivity contribution in [1.82, 2.24) is 0 Å². The molecule has 0 spiro atoms. The molecule has 0 aliphatic heterocycles. The summed E-state index contributed by atoms with van der Waals surface area (Å²) in [6.45, 7) is 28.1. The lowest BCUT2D eigenvalue weighted by Crippen LogP contribution is -2.61. The average molecular weight is 636 g/mol. The van der Waals surface area contributed by atoms with Crippen molar-refractivity contribution in [1.29, 1.82) is 5.26 Å². The molecule has 0 N–H and O–H groups in total. The molecule has 39 heavy (non-hydrogen) atoms. The SMILES string of the molecule is CC[Si](C)(C)O[Si](C)(C)O[Si](C)(C)O[Si](C)(C)O[Si](C)(C)O[Si](C)(C)c1ccc(-c2ccc(C#N)cc2)cc1. The number of hydrogen-bond acceptors (Lipinski definition) is 6. The van der Waals surface area contributed by atoms with Crippen LogP contribution in [0.1, 0.15) is 12.5 Å². The molecule has 0 fully saturated rings. The molecular formula is C27H49NO5Si6. The molecule has 216 valence electrons. The van der Waals surface area contributed by atoms with E-state index in [9.17, 15) is 0 Å². The lowest BCUT2D eigenvalue weighted by Gasteiger charge is -2.43. The molecule has 6 nitrogen and oxygen atoms in total. The van der Waals surface area contributed by atoms with Crippen LogP contribution >= 0.6 is 0 Å². The Morgan fingerprint density at radius 2 is 0.897 bits per heavy atom. The van der Waals surface area contributed by atoms with E-state index in [2.05, 4.69) is 116 Å². The number of hydrogen-bond donors (Lipinski definition) is 0. The average Bonchev–Trinajstić information content (AvgIpc) is 2.75. The van der Waals surface area contributed by atoms with Crippen LogP contribution in [-0.4, -0.2) is 50.9 Å². The summed E-state index contributed by atoms with van der Waals surface area (Å²) in [7, 11) is -13.9. The van der Waals surface area contributed by atoms with Gasteiger partial charge in [-0.25, -0.2) is 0 Å². The lowest BCUT2D eigenvalue weighted by atomic mass is 10.0. The Morgan fingerprint density at radius 1 is 0.538 bits per heavy atom. The van der Waals surface area contributed by atoms with Gasteiger partial charge in [-0.2, -0.15) is 5.26 Å². The van der Waals surface area contributed by atoms with E-state index in [4.69, 9.17) is 25.8 Å². The van der Waals surface area contributed by atoms with Crippen molar-refractivity contribution in [3.05, 3.63) is 54.1 Å². The summed E-state index contributed by atoms with van der Waals surface area (Å²) in [5.74, 6) is 0. The molecule has 2 aromatic rings. The number of nitriles is 1. The number of nitrogens with zero attached hydrogens (tertiary/aromatic N) is 1. The van der Waals surface area contributed by atoms with Crippen molar-refractivity contribution in [2.45, 2.75) is 91.5 Å². The fourth-order valence-electron chi connectivity index (χ4n) is 5.07. The van der Waals surface area contributed by atoms with E-state index >= 15 is 0 Å². The van der Waals surface area contributed by atoms with Crippen molar-refractivity contribution in [2.75, 3.05) is 0 Å². The predicted molar refractivity (Wildman–Crippen MR) is 177 cm³/mol. The molecule has 0 unspecified atom stereocenters. The van der Waals surface area contributed by atoms with E-state index in [0.717, 1.165) is 17.2 Å². The minimum absolute atomic E-state index is 0.666. The third kappa shape index (κ3) is 11.1. The summed E-state index contributed by atoms with van der Waals surface area (Å²) in [5.41, 5.74) is 2.88. The summed E-state index contributed by atoms with van der Waals surface area (Å²) < 4.78 is 33.5. The first-order valence-electron chi connectivity index (χ1n) is 13.7. The van der Waals surface area contributed by atoms with Crippen molar-refractivity contribution < 1.29 is 20.6 Å². The Bertz CT molecular complexity index is 1140. The van der Waals surface area contributed by atoms with Crippen LogP contribution in [0.3, 0.4) is 0 Å². The second kappa shape index (κ2) is 12.5. The van der Waals surface area contributed by atoms with Crippen LogP contribution in [-0.2, 0) is 20.6 Å². The van der Waals surface area contributed by atoms with Gasteiger partial charge in [-0.3, -0.25) is 0 Å². The highest BCUT2D eigenvalue weighted by molar-refractivity contribution is 6.94. The second-order valence-corrected chi connectivity index (χ2v) is 36.1. The Morgan fingerprint density at radius 3 is 1.28 bits per heavy atom. The zero-order chi connectivity index (χ0) is 29.9. The Hall–Kier alpha value is -0.969. The summed E-state index contributed by atoms with van der Waals surface area (Å²) in [6.07, 6.45) is 0. The van der Waals surface area contributed by atoms with Crippen molar-refractivity contribution in [3.63, 3.8) is 0 Å². The van der Waals surface area contributed by atoms with Crippen LogP contribution in [0.2, 0.25) is 84.6 Å².